The van der Waals surface area contributed by atoms with Gasteiger partial charge < -0.3 is 15.8 Å². The highest BCUT2D eigenvalue weighted by Gasteiger charge is 2.16. The standard InChI is InChI=1S/C17H19N7O2/c1-11(12-3-5-13(6-4-12)24-10-19-9-21-24)22-17(25)14-7-20-15(8-26-2)23-16(14)18/h3-7,9-11H,8H2,1-2H3,(H,22,25)(H2,18,20,23)/t11-/m1/s1. The van der Waals surface area contributed by atoms with E-state index in [-0.39, 0.29) is 29.9 Å². The minimum absolute atomic E-state index is 0.123. The summed E-state index contributed by atoms with van der Waals surface area (Å²) in [7, 11) is 1.54. The van der Waals surface area contributed by atoms with Crippen LogP contribution in [0.5, 0.6) is 0 Å². The number of hydrogen-bond acceptors (Lipinski definition) is 7. The lowest BCUT2D eigenvalue weighted by atomic mass is 10.1. The minimum Gasteiger partial charge on any atom is -0.383 e. The number of nitrogens with zero attached hydrogens (tertiary/aromatic N) is 5. The van der Waals surface area contributed by atoms with E-state index < -0.39 is 0 Å². The lowest BCUT2D eigenvalue weighted by Gasteiger charge is -2.15. The predicted octanol–water partition coefficient (Wildman–Crippen LogP) is 1.28. The highest BCUT2D eigenvalue weighted by Crippen LogP contribution is 2.17. The number of benzene rings is 1. The van der Waals surface area contributed by atoms with E-state index in [1.54, 1.807) is 11.0 Å². The summed E-state index contributed by atoms with van der Waals surface area (Å²) < 4.78 is 6.61. The second kappa shape index (κ2) is 7.70. The highest BCUT2D eigenvalue weighted by atomic mass is 16.5. The normalized spacial score (nSPS) is 11.9. The second-order valence-corrected chi connectivity index (χ2v) is 5.64. The minimum atomic E-state index is -0.334. The van der Waals surface area contributed by atoms with Crippen molar-refractivity contribution in [3.8, 4) is 5.69 Å². The van der Waals surface area contributed by atoms with Crippen molar-refractivity contribution in [3.63, 3.8) is 0 Å². The first-order chi connectivity index (χ1) is 12.6. The Kier molecular flexibility index (Phi) is 5.18. The van der Waals surface area contributed by atoms with E-state index in [1.165, 1.54) is 19.6 Å². The smallest absolute Gasteiger partial charge is 0.257 e. The molecule has 0 saturated carbocycles. The van der Waals surface area contributed by atoms with Gasteiger partial charge in [-0.3, -0.25) is 4.79 Å². The van der Waals surface area contributed by atoms with E-state index in [4.69, 9.17) is 10.5 Å². The number of nitrogens with one attached hydrogen (secondary N) is 1. The van der Waals surface area contributed by atoms with Gasteiger partial charge in [-0.05, 0) is 24.6 Å². The monoisotopic (exact) mass is 353 g/mol. The van der Waals surface area contributed by atoms with E-state index in [0.29, 0.717) is 5.82 Å². The summed E-state index contributed by atoms with van der Waals surface area (Å²) in [6.45, 7) is 2.12. The Balaban J connectivity index is 1.69. The molecule has 2 aromatic heterocycles. The number of nitrogens with two attached hydrogens (primary N) is 1. The van der Waals surface area contributed by atoms with E-state index in [2.05, 4.69) is 25.4 Å². The Labute approximate surface area is 150 Å². The first-order valence-corrected chi connectivity index (χ1v) is 7.94. The zero-order chi connectivity index (χ0) is 18.5. The molecule has 134 valence electrons. The van der Waals surface area contributed by atoms with Crippen LogP contribution in [0.4, 0.5) is 5.82 Å². The molecule has 1 aromatic carbocycles. The fourth-order valence-electron chi connectivity index (χ4n) is 2.42. The second-order valence-electron chi connectivity index (χ2n) is 5.64. The molecule has 0 aliphatic carbocycles. The molecule has 3 N–H and O–H groups in total. The summed E-state index contributed by atoms with van der Waals surface area (Å²) >= 11 is 0. The van der Waals surface area contributed by atoms with Crippen LogP contribution in [0.3, 0.4) is 0 Å². The van der Waals surface area contributed by atoms with Crippen molar-refractivity contribution in [1.82, 2.24) is 30.0 Å². The number of hydrogen-bond donors (Lipinski definition) is 2. The molecule has 0 saturated heterocycles. The predicted molar refractivity (Wildman–Crippen MR) is 94.4 cm³/mol. The van der Waals surface area contributed by atoms with Gasteiger partial charge in [0.1, 0.15) is 25.1 Å². The summed E-state index contributed by atoms with van der Waals surface area (Å²) in [4.78, 5) is 24.5. The molecule has 26 heavy (non-hydrogen) atoms. The van der Waals surface area contributed by atoms with Gasteiger partial charge in [-0.1, -0.05) is 12.1 Å². The van der Waals surface area contributed by atoms with Gasteiger partial charge in [-0.25, -0.2) is 19.6 Å². The molecule has 0 spiro atoms. The molecule has 0 bridgehead atoms. The lowest BCUT2D eigenvalue weighted by molar-refractivity contribution is 0.0940. The number of amides is 1. The third-order valence-electron chi connectivity index (χ3n) is 3.81. The average molecular weight is 353 g/mol. The van der Waals surface area contributed by atoms with Crippen LogP contribution in [-0.2, 0) is 11.3 Å². The molecule has 3 aromatic rings. The van der Waals surface area contributed by atoms with Gasteiger partial charge in [0.2, 0.25) is 0 Å². The highest BCUT2D eigenvalue weighted by molar-refractivity contribution is 5.98. The van der Waals surface area contributed by atoms with Crippen LogP contribution in [-0.4, -0.2) is 37.7 Å². The van der Waals surface area contributed by atoms with Gasteiger partial charge in [-0.15, -0.1) is 0 Å². The molecule has 0 aliphatic rings. The fraction of sp³-hybridized carbons (Fsp3) is 0.235. The largest absolute Gasteiger partial charge is 0.383 e. The van der Waals surface area contributed by atoms with Crippen LogP contribution >= 0.6 is 0 Å². The Hall–Kier alpha value is -3.33. The summed E-state index contributed by atoms with van der Waals surface area (Å²) in [6.07, 6.45) is 4.50. The summed E-state index contributed by atoms with van der Waals surface area (Å²) in [5.41, 5.74) is 7.92. The number of aromatic nitrogens is 5. The number of ether oxygens (including phenoxy) is 1. The first kappa shape index (κ1) is 17.5. The number of carbonyl (C=O) groups is 1. The van der Waals surface area contributed by atoms with Crippen LogP contribution in [0, 0.1) is 0 Å². The Morgan fingerprint density at radius 3 is 2.73 bits per heavy atom. The van der Waals surface area contributed by atoms with Crippen molar-refractivity contribution in [2.75, 3.05) is 12.8 Å². The van der Waals surface area contributed by atoms with Crippen LogP contribution < -0.4 is 11.1 Å². The zero-order valence-electron chi connectivity index (χ0n) is 14.5. The van der Waals surface area contributed by atoms with Gasteiger partial charge in [-0.2, -0.15) is 5.10 Å². The molecule has 1 amide bonds. The third kappa shape index (κ3) is 3.83. The van der Waals surface area contributed by atoms with E-state index in [9.17, 15) is 4.79 Å². The molecule has 2 heterocycles. The average Bonchev–Trinajstić information content (AvgIpc) is 3.17. The van der Waals surface area contributed by atoms with Crippen LogP contribution in [0.25, 0.3) is 5.69 Å². The zero-order valence-corrected chi connectivity index (χ0v) is 14.5. The quantitative estimate of drug-likeness (QED) is 0.684. The van der Waals surface area contributed by atoms with Crippen molar-refractivity contribution >= 4 is 11.7 Å². The van der Waals surface area contributed by atoms with E-state index in [1.807, 2.05) is 31.2 Å². The van der Waals surface area contributed by atoms with Gasteiger partial charge in [0, 0.05) is 13.3 Å². The Morgan fingerprint density at radius 1 is 1.35 bits per heavy atom. The Morgan fingerprint density at radius 2 is 2.12 bits per heavy atom. The van der Waals surface area contributed by atoms with E-state index in [0.717, 1.165) is 11.3 Å². The van der Waals surface area contributed by atoms with Crippen LogP contribution in [0.2, 0.25) is 0 Å². The number of rotatable bonds is 6. The molecule has 0 radical (unpaired) electrons. The van der Waals surface area contributed by atoms with Crippen molar-refractivity contribution in [2.24, 2.45) is 0 Å². The molecular weight excluding hydrogens is 334 g/mol. The fourth-order valence-corrected chi connectivity index (χ4v) is 2.42. The van der Waals surface area contributed by atoms with Crippen molar-refractivity contribution in [2.45, 2.75) is 19.6 Å². The molecule has 0 aliphatic heterocycles. The maximum Gasteiger partial charge on any atom is 0.257 e. The molecule has 3 rings (SSSR count). The van der Waals surface area contributed by atoms with E-state index >= 15 is 0 Å². The number of nitrogen functional groups attached to an aromatic ring is 1. The third-order valence-corrected chi connectivity index (χ3v) is 3.81. The number of methoxy groups -OCH3 is 1. The molecular formula is C17H19N7O2. The summed E-state index contributed by atoms with van der Waals surface area (Å²) in [6, 6.07) is 7.44. The van der Waals surface area contributed by atoms with Crippen LogP contribution in [0.1, 0.15) is 34.7 Å². The number of carbonyl (C=O) groups excluding carboxylic acids is 1. The van der Waals surface area contributed by atoms with Gasteiger partial charge in [0.25, 0.3) is 5.91 Å². The molecule has 0 unspecified atom stereocenters. The number of anilines is 1. The Bertz CT molecular complexity index is 879. The van der Waals surface area contributed by atoms with Gasteiger partial charge in [0.15, 0.2) is 5.82 Å². The maximum atomic E-state index is 12.4. The molecule has 9 heteroatoms. The van der Waals surface area contributed by atoms with Gasteiger partial charge >= 0.3 is 0 Å². The van der Waals surface area contributed by atoms with Crippen molar-refractivity contribution in [1.29, 1.82) is 0 Å². The molecule has 9 nitrogen and oxygen atoms in total. The molecule has 0 fully saturated rings. The van der Waals surface area contributed by atoms with Crippen molar-refractivity contribution < 1.29 is 9.53 Å². The SMILES string of the molecule is COCc1ncc(C(=O)N[C@H](C)c2ccc(-n3cncn3)cc2)c(N)n1. The van der Waals surface area contributed by atoms with Gasteiger partial charge in [0.05, 0.1) is 17.3 Å². The lowest BCUT2D eigenvalue weighted by Crippen LogP contribution is -2.28. The van der Waals surface area contributed by atoms with Crippen LogP contribution in [0.15, 0.2) is 43.1 Å². The summed E-state index contributed by atoms with van der Waals surface area (Å²) in [5, 5.41) is 6.97. The topological polar surface area (TPSA) is 121 Å². The first-order valence-electron chi connectivity index (χ1n) is 7.94. The maximum absolute atomic E-state index is 12.4. The summed E-state index contributed by atoms with van der Waals surface area (Å²) in [5.74, 6) is 0.218. The molecule has 1 atom stereocenters. The van der Waals surface area contributed by atoms with Crippen molar-refractivity contribution in [3.05, 3.63) is 60.1 Å².